The highest BCUT2D eigenvalue weighted by atomic mass is 32.1. The molecule has 1 unspecified atom stereocenters. The van der Waals surface area contributed by atoms with E-state index < -0.39 is 11.9 Å². The number of thiazole rings is 1. The number of carbonyl (C=O) groups is 1. The van der Waals surface area contributed by atoms with Crippen LogP contribution in [0.3, 0.4) is 0 Å². The lowest BCUT2D eigenvalue weighted by atomic mass is 9.96. The molecule has 19 heavy (non-hydrogen) atoms. The topological polar surface area (TPSA) is 50.2 Å². The Morgan fingerprint density at radius 3 is 2.58 bits per heavy atom. The van der Waals surface area contributed by atoms with Crippen molar-refractivity contribution in [3.8, 4) is 0 Å². The van der Waals surface area contributed by atoms with Crippen LogP contribution in [-0.4, -0.2) is 16.1 Å². The van der Waals surface area contributed by atoms with E-state index in [4.69, 9.17) is 0 Å². The summed E-state index contributed by atoms with van der Waals surface area (Å²) in [5.41, 5.74) is 0.829. The van der Waals surface area contributed by atoms with Gasteiger partial charge in [-0.15, -0.1) is 11.3 Å². The lowest BCUT2D eigenvalue weighted by molar-refractivity contribution is -0.141. The maximum absolute atomic E-state index is 12.8. The van der Waals surface area contributed by atoms with Crippen LogP contribution in [0.1, 0.15) is 15.4 Å². The molecular formula is C14H14FNO2S. The zero-order valence-corrected chi connectivity index (χ0v) is 11.3. The van der Waals surface area contributed by atoms with Crippen molar-refractivity contribution in [3.63, 3.8) is 0 Å². The summed E-state index contributed by atoms with van der Waals surface area (Å²) < 4.78 is 12.8. The van der Waals surface area contributed by atoms with Crippen molar-refractivity contribution in [2.75, 3.05) is 0 Å². The van der Waals surface area contributed by atoms with E-state index in [0.29, 0.717) is 12.8 Å². The Morgan fingerprint density at radius 1 is 1.37 bits per heavy atom. The number of halogens is 1. The Hall–Kier alpha value is -1.75. The lowest BCUT2D eigenvalue weighted by Crippen LogP contribution is -2.18. The van der Waals surface area contributed by atoms with Gasteiger partial charge in [0.15, 0.2) is 0 Å². The van der Waals surface area contributed by atoms with Crippen LogP contribution in [0.15, 0.2) is 30.5 Å². The van der Waals surface area contributed by atoms with Crippen molar-refractivity contribution >= 4 is 17.3 Å². The maximum atomic E-state index is 12.8. The van der Waals surface area contributed by atoms with Gasteiger partial charge >= 0.3 is 5.97 Å². The molecule has 0 aliphatic heterocycles. The van der Waals surface area contributed by atoms with Gasteiger partial charge in [0, 0.05) is 11.1 Å². The lowest BCUT2D eigenvalue weighted by Gasteiger charge is -2.11. The van der Waals surface area contributed by atoms with E-state index in [9.17, 15) is 14.3 Å². The van der Waals surface area contributed by atoms with Gasteiger partial charge in [-0.3, -0.25) is 4.79 Å². The highest BCUT2D eigenvalue weighted by molar-refractivity contribution is 7.11. The van der Waals surface area contributed by atoms with Crippen LogP contribution in [0.4, 0.5) is 4.39 Å². The monoisotopic (exact) mass is 279 g/mol. The summed E-state index contributed by atoms with van der Waals surface area (Å²) in [6.07, 6.45) is 2.57. The zero-order valence-electron chi connectivity index (χ0n) is 10.5. The number of hydrogen-bond acceptors (Lipinski definition) is 3. The van der Waals surface area contributed by atoms with Gasteiger partial charge in [-0.1, -0.05) is 12.1 Å². The number of benzene rings is 1. The summed E-state index contributed by atoms with van der Waals surface area (Å²) in [6.45, 7) is 1.89. The van der Waals surface area contributed by atoms with Crippen molar-refractivity contribution < 1.29 is 14.3 Å². The summed E-state index contributed by atoms with van der Waals surface area (Å²) in [5.74, 6) is -1.66. The second-order valence-corrected chi connectivity index (χ2v) is 5.73. The summed E-state index contributed by atoms with van der Waals surface area (Å²) in [7, 11) is 0. The van der Waals surface area contributed by atoms with Gasteiger partial charge in [-0.25, -0.2) is 9.37 Å². The number of rotatable bonds is 5. The van der Waals surface area contributed by atoms with Gasteiger partial charge in [-0.05, 0) is 37.5 Å². The molecule has 2 rings (SSSR count). The van der Waals surface area contributed by atoms with Gasteiger partial charge in [0.1, 0.15) is 5.82 Å². The quantitative estimate of drug-likeness (QED) is 0.915. The van der Waals surface area contributed by atoms with E-state index in [-0.39, 0.29) is 5.82 Å². The molecule has 0 spiro atoms. The molecular weight excluding hydrogens is 265 g/mol. The standard InChI is InChI=1S/C14H14FNO2S/c1-9-16-8-13(19-9)7-11(14(17)18)6-10-2-4-12(15)5-3-10/h2-5,8,11H,6-7H2,1H3,(H,17,18). The third-order valence-corrected chi connectivity index (χ3v) is 3.80. The number of nitrogens with zero attached hydrogens (tertiary/aromatic N) is 1. The number of aryl methyl sites for hydroxylation is 1. The van der Waals surface area contributed by atoms with Crippen LogP contribution in [-0.2, 0) is 17.6 Å². The van der Waals surface area contributed by atoms with Crippen molar-refractivity contribution in [1.82, 2.24) is 4.98 Å². The molecule has 0 radical (unpaired) electrons. The van der Waals surface area contributed by atoms with E-state index in [2.05, 4.69) is 4.98 Å². The maximum Gasteiger partial charge on any atom is 0.307 e. The highest BCUT2D eigenvalue weighted by Gasteiger charge is 2.19. The summed E-state index contributed by atoms with van der Waals surface area (Å²) >= 11 is 1.51. The number of aliphatic carboxylic acids is 1. The van der Waals surface area contributed by atoms with E-state index >= 15 is 0 Å². The second kappa shape index (κ2) is 5.93. The molecule has 0 fully saturated rings. The van der Waals surface area contributed by atoms with Crippen LogP contribution < -0.4 is 0 Å². The van der Waals surface area contributed by atoms with Crippen LogP contribution in [0.2, 0.25) is 0 Å². The van der Waals surface area contributed by atoms with E-state index in [1.807, 2.05) is 6.92 Å². The predicted octanol–water partition coefficient (Wildman–Crippen LogP) is 3.08. The molecule has 1 aromatic heterocycles. The number of carboxylic acid groups (broad SMARTS) is 1. The number of aromatic nitrogens is 1. The average molecular weight is 279 g/mol. The third-order valence-electron chi connectivity index (χ3n) is 2.86. The Balaban J connectivity index is 2.08. The SMILES string of the molecule is Cc1ncc(CC(Cc2ccc(F)cc2)C(=O)O)s1. The Bertz CT molecular complexity index is 565. The van der Waals surface area contributed by atoms with Gasteiger partial charge in [0.2, 0.25) is 0 Å². The molecule has 1 atom stereocenters. The molecule has 100 valence electrons. The minimum Gasteiger partial charge on any atom is -0.481 e. The predicted molar refractivity (Wildman–Crippen MR) is 71.8 cm³/mol. The minimum absolute atomic E-state index is 0.311. The molecule has 0 amide bonds. The van der Waals surface area contributed by atoms with Crippen LogP contribution >= 0.6 is 11.3 Å². The first-order valence-corrected chi connectivity index (χ1v) is 6.75. The highest BCUT2D eigenvalue weighted by Crippen LogP contribution is 2.20. The largest absolute Gasteiger partial charge is 0.481 e. The van der Waals surface area contributed by atoms with E-state index in [1.54, 1.807) is 18.3 Å². The molecule has 1 N–H and O–H groups in total. The molecule has 0 saturated carbocycles. The molecule has 0 aliphatic rings. The third kappa shape index (κ3) is 3.86. The van der Waals surface area contributed by atoms with Crippen molar-refractivity contribution in [1.29, 1.82) is 0 Å². The van der Waals surface area contributed by atoms with Crippen molar-refractivity contribution in [3.05, 3.63) is 51.7 Å². The molecule has 1 aromatic carbocycles. The number of carboxylic acids is 1. The van der Waals surface area contributed by atoms with Gasteiger partial charge in [0.05, 0.1) is 10.9 Å². The first-order chi connectivity index (χ1) is 9.04. The molecule has 0 saturated heterocycles. The molecule has 0 bridgehead atoms. The smallest absolute Gasteiger partial charge is 0.307 e. The minimum atomic E-state index is -0.838. The molecule has 2 aromatic rings. The fraction of sp³-hybridized carbons (Fsp3) is 0.286. The first-order valence-electron chi connectivity index (χ1n) is 5.93. The molecule has 5 heteroatoms. The van der Waals surface area contributed by atoms with Gasteiger partial charge in [0.25, 0.3) is 0 Å². The Kier molecular flexibility index (Phi) is 4.27. The number of hydrogen-bond donors (Lipinski definition) is 1. The Labute approximate surface area is 114 Å². The molecule has 3 nitrogen and oxygen atoms in total. The fourth-order valence-electron chi connectivity index (χ4n) is 1.89. The van der Waals surface area contributed by atoms with Crippen LogP contribution in [0.5, 0.6) is 0 Å². The van der Waals surface area contributed by atoms with Gasteiger partial charge in [-0.2, -0.15) is 0 Å². The van der Waals surface area contributed by atoms with Crippen molar-refractivity contribution in [2.45, 2.75) is 19.8 Å². The Morgan fingerprint density at radius 2 is 2.05 bits per heavy atom. The van der Waals surface area contributed by atoms with E-state index in [0.717, 1.165) is 15.4 Å². The fourth-order valence-corrected chi connectivity index (χ4v) is 2.77. The van der Waals surface area contributed by atoms with Crippen molar-refractivity contribution in [2.24, 2.45) is 5.92 Å². The molecule has 1 heterocycles. The zero-order chi connectivity index (χ0) is 13.8. The normalized spacial score (nSPS) is 12.3. The summed E-state index contributed by atoms with van der Waals surface area (Å²) in [6, 6.07) is 5.96. The molecule has 0 aliphatic carbocycles. The van der Waals surface area contributed by atoms with Gasteiger partial charge < -0.3 is 5.11 Å². The first kappa shape index (κ1) is 13.7. The summed E-state index contributed by atoms with van der Waals surface area (Å²) in [5, 5.41) is 10.2. The van der Waals surface area contributed by atoms with E-state index in [1.165, 1.54) is 23.5 Å². The summed E-state index contributed by atoms with van der Waals surface area (Å²) in [4.78, 5) is 16.4. The average Bonchev–Trinajstić information content (AvgIpc) is 2.76. The van der Waals surface area contributed by atoms with Crippen LogP contribution in [0, 0.1) is 18.7 Å². The van der Waals surface area contributed by atoms with Crippen LogP contribution in [0.25, 0.3) is 0 Å². The second-order valence-electron chi connectivity index (χ2n) is 4.42.